The zero-order valence-corrected chi connectivity index (χ0v) is 10.2. The summed E-state index contributed by atoms with van der Waals surface area (Å²) < 4.78 is 26.6. The minimum Gasteiger partial charge on any atom is -0.330 e. The molecular formula is C14H19F2N. The van der Waals surface area contributed by atoms with Gasteiger partial charge in [0.2, 0.25) is 0 Å². The molecule has 0 radical (unpaired) electrons. The van der Waals surface area contributed by atoms with Crippen LogP contribution >= 0.6 is 0 Å². The molecular weight excluding hydrogens is 220 g/mol. The summed E-state index contributed by atoms with van der Waals surface area (Å²) in [6, 6.07) is 6.78. The smallest absolute Gasteiger partial charge is 0.270 e. The number of benzene rings is 1. The Morgan fingerprint density at radius 1 is 1.29 bits per heavy atom. The molecule has 1 saturated carbocycles. The second kappa shape index (κ2) is 4.37. The van der Waals surface area contributed by atoms with E-state index in [1.807, 2.05) is 6.07 Å². The van der Waals surface area contributed by atoms with Gasteiger partial charge in [-0.1, -0.05) is 31.0 Å². The molecule has 0 aromatic heterocycles. The van der Waals surface area contributed by atoms with Crippen molar-refractivity contribution in [2.24, 2.45) is 5.73 Å². The molecule has 94 valence electrons. The number of nitrogens with two attached hydrogens (primary N) is 1. The maximum absolute atomic E-state index is 13.3. The average Bonchev–Trinajstić information content (AvgIpc) is 2.78. The van der Waals surface area contributed by atoms with Crippen molar-refractivity contribution in [3.63, 3.8) is 0 Å². The van der Waals surface area contributed by atoms with Crippen molar-refractivity contribution in [3.8, 4) is 0 Å². The SMILES string of the molecule is CC(F)(F)c1cccc(C2(CN)CCCC2)c1. The molecule has 1 aromatic rings. The third-order valence-electron chi connectivity index (χ3n) is 3.93. The van der Waals surface area contributed by atoms with Crippen molar-refractivity contribution in [1.82, 2.24) is 0 Å². The van der Waals surface area contributed by atoms with E-state index in [9.17, 15) is 8.78 Å². The summed E-state index contributed by atoms with van der Waals surface area (Å²) in [6.07, 6.45) is 4.32. The van der Waals surface area contributed by atoms with Crippen LogP contribution in [0.4, 0.5) is 8.78 Å². The number of alkyl halides is 2. The van der Waals surface area contributed by atoms with Crippen LogP contribution in [0.2, 0.25) is 0 Å². The number of hydrogen-bond acceptors (Lipinski definition) is 1. The molecule has 1 nitrogen and oxygen atoms in total. The van der Waals surface area contributed by atoms with E-state index in [2.05, 4.69) is 0 Å². The topological polar surface area (TPSA) is 26.0 Å². The van der Waals surface area contributed by atoms with E-state index in [1.165, 1.54) is 6.07 Å². The molecule has 0 saturated heterocycles. The Bertz CT molecular complexity index is 389. The van der Waals surface area contributed by atoms with Gasteiger partial charge in [-0.05, 0) is 24.5 Å². The van der Waals surface area contributed by atoms with E-state index in [1.54, 1.807) is 12.1 Å². The highest BCUT2D eigenvalue weighted by Crippen LogP contribution is 2.41. The third-order valence-corrected chi connectivity index (χ3v) is 3.93. The van der Waals surface area contributed by atoms with Crippen LogP contribution in [0.25, 0.3) is 0 Å². The Kier molecular flexibility index (Phi) is 3.21. The number of hydrogen-bond donors (Lipinski definition) is 1. The van der Waals surface area contributed by atoms with Crippen LogP contribution in [0.3, 0.4) is 0 Å². The molecule has 3 heteroatoms. The fraction of sp³-hybridized carbons (Fsp3) is 0.571. The van der Waals surface area contributed by atoms with Crippen molar-refractivity contribution >= 4 is 0 Å². The third kappa shape index (κ3) is 2.34. The molecule has 0 aliphatic heterocycles. The lowest BCUT2D eigenvalue weighted by molar-refractivity contribution is 0.0173. The molecule has 1 aliphatic carbocycles. The molecule has 0 heterocycles. The van der Waals surface area contributed by atoms with Gasteiger partial charge in [-0.2, -0.15) is 0 Å². The fourth-order valence-corrected chi connectivity index (χ4v) is 2.78. The van der Waals surface area contributed by atoms with Crippen LogP contribution < -0.4 is 5.73 Å². The summed E-state index contributed by atoms with van der Waals surface area (Å²) in [6.45, 7) is 1.49. The predicted octanol–water partition coefficient (Wildman–Crippen LogP) is 3.57. The Balaban J connectivity index is 2.39. The molecule has 1 aromatic carbocycles. The highest BCUT2D eigenvalue weighted by Gasteiger charge is 2.35. The molecule has 0 unspecified atom stereocenters. The molecule has 2 rings (SSSR count). The minimum atomic E-state index is -2.77. The summed E-state index contributed by atoms with van der Waals surface area (Å²) in [5.41, 5.74) is 6.88. The van der Waals surface area contributed by atoms with Crippen LogP contribution in [0.15, 0.2) is 24.3 Å². The molecule has 0 spiro atoms. The Morgan fingerprint density at radius 3 is 2.47 bits per heavy atom. The lowest BCUT2D eigenvalue weighted by Crippen LogP contribution is -2.32. The van der Waals surface area contributed by atoms with E-state index in [4.69, 9.17) is 5.73 Å². The van der Waals surface area contributed by atoms with E-state index in [-0.39, 0.29) is 11.0 Å². The molecule has 17 heavy (non-hydrogen) atoms. The lowest BCUT2D eigenvalue weighted by Gasteiger charge is -2.28. The van der Waals surface area contributed by atoms with Gasteiger partial charge in [0, 0.05) is 24.4 Å². The monoisotopic (exact) mass is 239 g/mol. The van der Waals surface area contributed by atoms with E-state index >= 15 is 0 Å². The lowest BCUT2D eigenvalue weighted by atomic mass is 9.78. The number of rotatable bonds is 3. The number of halogens is 2. The van der Waals surface area contributed by atoms with Crippen LogP contribution in [0.1, 0.15) is 43.7 Å². The maximum Gasteiger partial charge on any atom is 0.270 e. The molecule has 2 N–H and O–H groups in total. The van der Waals surface area contributed by atoms with Gasteiger partial charge >= 0.3 is 0 Å². The highest BCUT2D eigenvalue weighted by molar-refractivity contribution is 5.33. The van der Waals surface area contributed by atoms with Crippen molar-refractivity contribution in [2.45, 2.75) is 43.9 Å². The zero-order chi connectivity index (χ0) is 12.5. The standard InChI is InChI=1S/C14H19F2N/c1-13(15,16)11-5-4-6-12(9-11)14(10-17)7-2-3-8-14/h4-6,9H,2-3,7-8,10,17H2,1H3. The summed E-state index contributed by atoms with van der Waals surface area (Å²) in [7, 11) is 0. The largest absolute Gasteiger partial charge is 0.330 e. The average molecular weight is 239 g/mol. The van der Waals surface area contributed by atoms with E-state index in [0.717, 1.165) is 38.2 Å². The van der Waals surface area contributed by atoms with Crippen molar-refractivity contribution < 1.29 is 8.78 Å². The van der Waals surface area contributed by atoms with E-state index in [0.29, 0.717) is 6.54 Å². The Labute approximate surface area is 101 Å². The van der Waals surface area contributed by atoms with Gasteiger partial charge < -0.3 is 5.73 Å². The van der Waals surface area contributed by atoms with Gasteiger partial charge in [0.05, 0.1) is 0 Å². The van der Waals surface area contributed by atoms with Crippen LogP contribution in [-0.2, 0) is 11.3 Å². The highest BCUT2D eigenvalue weighted by atomic mass is 19.3. The molecule has 1 aliphatic rings. The van der Waals surface area contributed by atoms with Gasteiger partial charge in [-0.3, -0.25) is 0 Å². The van der Waals surface area contributed by atoms with Crippen molar-refractivity contribution in [2.75, 3.05) is 6.54 Å². The molecule has 0 atom stereocenters. The van der Waals surface area contributed by atoms with Gasteiger partial charge in [-0.25, -0.2) is 8.78 Å². The summed E-state index contributed by atoms with van der Waals surface area (Å²) in [5, 5.41) is 0. The van der Waals surface area contributed by atoms with Gasteiger partial charge in [0.15, 0.2) is 0 Å². The van der Waals surface area contributed by atoms with Crippen molar-refractivity contribution in [1.29, 1.82) is 0 Å². The zero-order valence-electron chi connectivity index (χ0n) is 10.2. The van der Waals surface area contributed by atoms with Crippen molar-refractivity contribution in [3.05, 3.63) is 35.4 Å². The van der Waals surface area contributed by atoms with Crippen LogP contribution in [0, 0.1) is 0 Å². The van der Waals surface area contributed by atoms with Gasteiger partial charge in [0.1, 0.15) is 0 Å². The van der Waals surface area contributed by atoms with Gasteiger partial charge in [-0.15, -0.1) is 0 Å². The fourth-order valence-electron chi connectivity index (χ4n) is 2.78. The first-order chi connectivity index (χ1) is 7.98. The minimum absolute atomic E-state index is 0.0682. The Morgan fingerprint density at radius 2 is 1.94 bits per heavy atom. The molecule has 0 bridgehead atoms. The molecule has 0 amide bonds. The summed E-state index contributed by atoms with van der Waals surface area (Å²) >= 11 is 0. The second-order valence-electron chi connectivity index (χ2n) is 5.16. The maximum atomic E-state index is 13.3. The normalized spacial score (nSPS) is 19.5. The second-order valence-corrected chi connectivity index (χ2v) is 5.16. The van der Waals surface area contributed by atoms with Gasteiger partial charge in [0.25, 0.3) is 5.92 Å². The first kappa shape index (κ1) is 12.5. The van der Waals surface area contributed by atoms with E-state index < -0.39 is 5.92 Å². The van der Waals surface area contributed by atoms with Crippen LogP contribution in [-0.4, -0.2) is 6.54 Å². The summed E-state index contributed by atoms with van der Waals surface area (Å²) in [5.74, 6) is -2.77. The first-order valence-electron chi connectivity index (χ1n) is 6.17. The predicted molar refractivity (Wildman–Crippen MR) is 65.2 cm³/mol. The van der Waals surface area contributed by atoms with Crippen LogP contribution in [0.5, 0.6) is 0 Å². The summed E-state index contributed by atoms with van der Waals surface area (Å²) in [4.78, 5) is 0. The molecule has 1 fully saturated rings. The quantitative estimate of drug-likeness (QED) is 0.857. The Hall–Kier alpha value is -0.960. The first-order valence-corrected chi connectivity index (χ1v) is 6.17.